The Morgan fingerprint density at radius 3 is 2.63 bits per heavy atom. The minimum absolute atomic E-state index is 0.256. The summed E-state index contributed by atoms with van der Waals surface area (Å²) in [6.07, 6.45) is 1.09. The lowest BCUT2D eigenvalue weighted by Gasteiger charge is -2.03. The molecule has 6 nitrogen and oxygen atoms in total. The number of fused-ring (bicyclic) bond motifs is 1. The smallest absolute Gasteiger partial charge is 0.181 e. The van der Waals surface area contributed by atoms with Crippen LogP contribution in [0.15, 0.2) is 42.5 Å². The molecule has 0 fully saturated rings. The molecule has 0 aliphatic carbocycles. The highest BCUT2D eigenvalue weighted by Gasteiger charge is 2.06. The summed E-state index contributed by atoms with van der Waals surface area (Å²) < 4.78 is 6.48. The molecule has 0 aliphatic heterocycles. The average Bonchev–Trinajstić information content (AvgIpc) is 3.33. The van der Waals surface area contributed by atoms with Crippen LogP contribution in [0.3, 0.4) is 0 Å². The monoisotopic (exact) mass is 440 g/mol. The maximum absolute atomic E-state index is 11.3. The van der Waals surface area contributed by atoms with Gasteiger partial charge in [-0.25, -0.2) is 4.98 Å². The first-order valence-corrected chi connectivity index (χ1v) is 11.3. The lowest BCUT2D eigenvalue weighted by atomic mass is 10.1. The average molecular weight is 441 g/mol. The van der Waals surface area contributed by atoms with Crippen LogP contribution in [-0.2, 0) is 11.2 Å². The molecule has 2 heterocycles. The number of carbonyl (C=O) groups excluding carboxylic acids is 1. The van der Waals surface area contributed by atoms with Gasteiger partial charge in [-0.3, -0.25) is 4.79 Å². The number of aryl methyl sites for hydroxylation is 1. The predicted octanol–water partition coefficient (Wildman–Crippen LogP) is 5.31. The van der Waals surface area contributed by atoms with E-state index in [-0.39, 0.29) is 5.78 Å². The van der Waals surface area contributed by atoms with Crippen LogP contribution in [0.4, 0.5) is 5.13 Å². The zero-order valence-electron chi connectivity index (χ0n) is 17.2. The van der Waals surface area contributed by atoms with Crippen LogP contribution < -0.4 is 10.5 Å². The minimum Gasteiger partial charge on any atom is -0.494 e. The molecule has 0 atom stereocenters. The number of nitrogen functional groups attached to an aromatic ring is 1. The zero-order valence-corrected chi connectivity index (χ0v) is 18.8. The van der Waals surface area contributed by atoms with Gasteiger partial charge < -0.3 is 10.5 Å². The number of ether oxygens (including phenoxy) is 1. The van der Waals surface area contributed by atoms with Gasteiger partial charge in [-0.15, -0.1) is 10.2 Å². The van der Waals surface area contributed by atoms with Crippen molar-refractivity contribution < 1.29 is 9.53 Å². The first-order chi connectivity index (χ1) is 14.5. The lowest BCUT2D eigenvalue weighted by Crippen LogP contribution is -1.99. The number of ketones is 1. The molecule has 4 rings (SSSR count). The highest BCUT2D eigenvalue weighted by Crippen LogP contribution is 2.26. The quantitative estimate of drug-likeness (QED) is 0.437. The van der Waals surface area contributed by atoms with Crippen molar-refractivity contribution in [1.82, 2.24) is 15.2 Å². The first kappa shape index (κ1) is 21.9. The fourth-order valence-electron chi connectivity index (χ4n) is 2.75. The molecule has 156 valence electrons. The first-order valence-electron chi connectivity index (χ1n) is 9.68. The normalized spacial score (nSPS) is 10.5. The van der Waals surface area contributed by atoms with Crippen molar-refractivity contribution in [2.24, 2.45) is 0 Å². The zero-order chi connectivity index (χ0) is 21.5. The van der Waals surface area contributed by atoms with Gasteiger partial charge in [0.1, 0.15) is 21.5 Å². The van der Waals surface area contributed by atoms with Crippen molar-refractivity contribution in [1.29, 1.82) is 0 Å². The van der Waals surface area contributed by atoms with Crippen molar-refractivity contribution in [2.45, 2.75) is 33.6 Å². The van der Waals surface area contributed by atoms with Crippen LogP contribution in [0.5, 0.6) is 5.75 Å². The summed E-state index contributed by atoms with van der Waals surface area (Å²) in [5, 5.41) is 10.6. The van der Waals surface area contributed by atoms with Gasteiger partial charge in [0, 0.05) is 18.4 Å². The van der Waals surface area contributed by atoms with Crippen molar-refractivity contribution in [3.63, 3.8) is 0 Å². The Morgan fingerprint density at radius 1 is 1.10 bits per heavy atom. The Morgan fingerprint density at radius 2 is 1.93 bits per heavy atom. The Labute approximate surface area is 183 Å². The molecule has 0 radical (unpaired) electrons. The number of carbonyl (C=O) groups is 1. The second kappa shape index (κ2) is 10.3. The molecular formula is C22H24N4O2S2. The number of rotatable bonds is 6. The molecule has 0 saturated heterocycles. The SMILES string of the molecule is CCC(=O)Cc1ccc2nc(N)sc2c1.CCOc1cccc(-c2nnc(C)s2)c1. The molecule has 30 heavy (non-hydrogen) atoms. The van der Waals surface area contributed by atoms with Gasteiger partial charge in [0.2, 0.25) is 0 Å². The predicted molar refractivity (Wildman–Crippen MR) is 124 cm³/mol. The third-order valence-corrected chi connectivity index (χ3v) is 5.92. The fraction of sp³-hybridized carbons (Fsp3) is 0.273. The Bertz CT molecular complexity index is 1140. The standard InChI is InChI=1S/2C11H12N2OS/c1-3-14-10-6-4-5-9(7-10)11-13-12-8(2)15-11;1-2-8(14)5-7-3-4-9-10(6-7)15-11(12)13-9/h4-7H,3H2,1-2H3;3-4,6H,2,5H2,1H3,(H2,12,13). The Balaban J connectivity index is 0.000000171. The number of hydrogen-bond donors (Lipinski definition) is 1. The number of benzene rings is 2. The summed E-state index contributed by atoms with van der Waals surface area (Å²) >= 11 is 3.05. The lowest BCUT2D eigenvalue weighted by molar-refractivity contribution is -0.118. The summed E-state index contributed by atoms with van der Waals surface area (Å²) in [5.41, 5.74) is 8.62. The van der Waals surface area contributed by atoms with E-state index in [1.54, 1.807) is 11.3 Å². The number of aromatic nitrogens is 3. The number of thiazole rings is 1. The highest BCUT2D eigenvalue weighted by atomic mass is 32.1. The van der Waals surface area contributed by atoms with E-state index in [4.69, 9.17) is 10.5 Å². The van der Waals surface area contributed by atoms with Crippen LogP contribution in [0.1, 0.15) is 30.8 Å². The summed E-state index contributed by atoms with van der Waals surface area (Å²) in [7, 11) is 0. The van der Waals surface area contributed by atoms with E-state index in [9.17, 15) is 4.79 Å². The summed E-state index contributed by atoms with van der Waals surface area (Å²) in [4.78, 5) is 15.5. The van der Waals surface area contributed by atoms with E-state index < -0.39 is 0 Å². The number of nitrogens with zero attached hydrogens (tertiary/aromatic N) is 3. The molecule has 0 unspecified atom stereocenters. The van der Waals surface area contributed by atoms with E-state index in [1.165, 1.54) is 11.3 Å². The molecule has 0 aliphatic rings. The maximum Gasteiger partial charge on any atom is 0.181 e. The van der Waals surface area contributed by atoms with E-state index in [2.05, 4.69) is 15.2 Å². The second-order valence-corrected chi connectivity index (χ2v) is 8.75. The molecule has 0 amide bonds. The largest absolute Gasteiger partial charge is 0.494 e. The Hall–Kier alpha value is -2.84. The topological polar surface area (TPSA) is 91.0 Å². The van der Waals surface area contributed by atoms with Crippen molar-refractivity contribution in [3.05, 3.63) is 53.0 Å². The number of hydrogen-bond acceptors (Lipinski definition) is 8. The van der Waals surface area contributed by atoms with E-state index in [0.29, 0.717) is 24.6 Å². The molecule has 0 bridgehead atoms. The Kier molecular flexibility index (Phi) is 7.48. The molecule has 2 aromatic heterocycles. The van der Waals surface area contributed by atoms with Gasteiger partial charge >= 0.3 is 0 Å². The summed E-state index contributed by atoms with van der Waals surface area (Å²) in [5.74, 6) is 1.13. The van der Waals surface area contributed by atoms with E-state index >= 15 is 0 Å². The number of Topliss-reactive ketones (excluding diaryl/α,β-unsaturated/α-hetero) is 1. The molecule has 0 spiro atoms. The number of anilines is 1. The van der Waals surface area contributed by atoms with E-state index in [1.807, 2.05) is 63.2 Å². The van der Waals surface area contributed by atoms with Crippen LogP contribution in [0.2, 0.25) is 0 Å². The highest BCUT2D eigenvalue weighted by molar-refractivity contribution is 7.22. The molecule has 2 N–H and O–H groups in total. The van der Waals surface area contributed by atoms with Crippen LogP contribution in [0.25, 0.3) is 20.8 Å². The molecular weight excluding hydrogens is 416 g/mol. The van der Waals surface area contributed by atoms with Crippen LogP contribution in [0, 0.1) is 6.92 Å². The van der Waals surface area contributed by atoms with Gasteiger partial charge in [0.05, 0.1) is 16.8 Å². The summed E-state index contributed by atoms with van der Waals surface area (Å²) in [6, 6.07) is 13.8. The van der Waals surface area contributed by atoms with Crippen molar-refractivity contribution in [2.75, 3.05) is 12.3 Å². The van der Waals surface area contributed by atoms with Crippen molar-refractivity contribution in [3.8, 4) is 16.3 Å². The summed E-state index contributed by atoms with van der Waals surface area (Å²) in [6.45, 7) is 6.49. The third kappa shape index (κ3) is 5.84. The molecule has 8 heteroatoms. The molecule has 0 saturated carbocycles. The van der Waals surface area contributed by atoms with Crippen molar-refractivity contribution >= 4 is 43.8 Å². The maximum atomic E-state index is 11.3. The molecule has 2 aromatic carbocycles. The minimum atomic E-state index is 0.256. The third-order valence-electron chi connectivity index (χ3n) is 4.18. The fourth-order valence-corrected chi connectivity index (χ4v) is 4.23. The van der Waals surface area contributed by atoms with Gasteiger partial charge in [-0.1, -0.05) is 47.8 Å². The second-order valence-electron chi connectivity index (χ2n) is 6.51. The van der Waals surface area contributed by atoms with Gasteiger partial charge in [-0.2, -0.15) is 0 Å². The van der Waals surface area contributed by atoms with Crippen LogP contribution >= 0.6 is 22.7 Å². The van der Waals surface area contributed by atoms with Gasteiger partial charge in [0.15, 0.2) is 5.13 Å². The van der Waals surface area contributed by atoms with Gasteiger partial charge in [0.25, 0.3) is 0 Å². The van der Waals surface area contributed by atoms with Gasteiger partial charge in [-0.05, 0) is 43.7 Å². The van der Waals surface area contributed by atoms with Crippen LogP contribution in [-0.4, -0.2) is 27.6 Å². The van der Waals surface area contributed by atoms with E-state index in [0.717, 1.165) is 37.1 Å². The molecule has 4 aromatic rings. The number of nitrogens with two attached hydrogens (primary N) is 1.